The summed E-state index contributed by atoms with van der Waals surface area (Å²) in [6.45, 7) is 0.935. The molecule has 1 fully saturated rings. The van der Waals surface area contributed by atoms with E-state index in [1.807, 2.05) is 0 Å². The Morgan fingerprint density at radius 1 is 1.23 bits per heavy atom. The monoisotopic (exact) mass is 471 g/mol. The van der Waals surface area contributed by atoms with Gasteiger partial charge in [0.15, 0.2) is 0 Å². The first-order valence-electron chi connectivity index (χ1n) is 9.29. The number of amides is 2. The van der Waals surface area contributed by atoms with Gasteiger partial charge >= 0.3 is 6.09 Å². The number of pyridine rings is 2. The Labute approximate surface area is 180 Å². The van der Waals surface area contributed by atoms with Crippen molar-refractivity contribution in [2.24, 2.45) is 0 Å². The third-order valence-corrected chi connectivity index (χ3v) is 5.24. The molecular weight excluding hydrogens is 454 g/mol. The molecule has 0 aromatic carbocycles. The number of aromatic nitrogens is 5. The van der Waals surface area contributed by atoms with Crippen molar-refractivity contribution in [1.82, 2.24) is 29.9 Å². The topological polar surface area (TPSA) is 126 Å². The van der Waals surface area contributed by atoms with Gasteiger partial charge in [-0.25, -0.2) is 19.4 Å². The summed E-state index contributed by atoms with van der Waals surface area (Å²) in [6.07, 6.45) is 4.10. The third kappa shape index (κ3) is 4.46. The van der Waals surface area contributed by atoms with Crippen LogP contribution in [0.25, 0.3) is 11.3 Å². The Morgan fingerprint density at radius 2 is 2.10 bits per heavy atom. The highest BCUT2D eigenvalue weighted by molar-refractivity contribution is 9.10. The van der Waals surface area contributed by atoms with Gasteiger partial charge < -0.3 is 15.3 Å². The predicted molar refractivity (Wildman–Crippen MR) is 111 cm³/mol. The lowest BCUT2D eigenvalue weighted by molar-refractivity contribution is 0.102. The molecule has 1 aliphatic rings. The molecule has 3 aromatic heterocycles. The van der Waals surface area contributed by atoms with E-state index in [1.165, 1.54) is 4.90 Å². The van der Waals surface area contributed by atoms with E-state index in [-0.39, 0.29) is 17.6 Å². The molecule has 0 spiro atoms. The number of nitrogens with one attached hydrogen (secondary N) is 1. The second-order valence-corrected chi connectivity index (χ2v) is 7.65. The lowest BCUT2D eigenvalue weighted by Gasteiger charge is -2.30. The number of halogens is 1. The van der Waals surface area contributed by atoms with Crippen molar-refractivity contribution in [3.8, 4) is 11.3 Å². The lowest BCUT2D eigenvalue weighted by Crippen LogP contribution is -2.40. The van der Waals surface area contributed by atoms with Gasteiger partial charge in [-0.15, -0.1) is 5.10 Å². The van der Waals surface area contributed by atoms with Crippen LogP contribution in [0, 0.1) is 0 Å². The van der Waals surface area contributed by atoms with Gasteiger partial charge in [0, 0.05) is 24.8 Å². The number of anilines is 1. The summed E-state index contributed by atoms with van der Waals surface area (Å²) < 4.78 is 2.28. The Morgan fingerprint density at radius 3 is 2.83 bits per heavy atom. The molecule has 154 valence electrons. The number of hydrogen-bond acceptors (Lipinski definition) is 6. The molecule has 0 radical (unpaired) electrons. The molecule has 2 N–H and O–H groups in total. The molecule has 0 aliphatic carbocycles. The first-order chi connectivity index (χ1) is 14.5. The van der Waals surface area contributed by atoms with Crippen LogP contribution in [0.4, 0.5) is 10.6 Å². The number of hydrogen-bond donors (Lipinski definition) is 2. The van der Waals surface area contributed by atoms with Crippen LogP contribution in [-0.4, -0.2) is 60.1 Å². The third-order valence-electron chi connectivity index (χ3n) is 4.80. The summed E-state index contributed by atoms with van der Waals surface area (Å²) in [6, 6.07) is 8.51. The molecule has 1 atom stereocenters. The van der Waals surface area contributed by atoms with Gasteiger partial charge in [0.05, 0.1) is 12.2 Å². The fraction of sp³-hybridized carbons (Fsp3) is 0.263. The summed E-state index contributed by atoms with van der Waals surface area (Å²) >= 11 is 3.24. The van der Waals surface area contributed by atoms with Crippen LogP contribution >= 0.6 is 15.9 Å². The quantitative estimate of drug-likeness (QED) is 0.559. The molecule has 0 saturated carbocycles. The maximum atomic E-state index is 12.3. The molecule has 10 nitrogen and oxygen atoms in total. The zero-order valence-corrected chi connectivity index (χ0v) is 17.4. The van der Waals surface area contributed by atoms with Crippen LogP contribution < -0.4 is 5.32 Å². The van der Waals surface area contributed by atoms with Crippen LogP contribution in [0.3, 0.4) is 0 Å². The molecule has 11 heteroatoms. The Balaban J connectivity index is 1.43. The first kappa shape index (κ1) is 20.0. The fourth-order valence-corrected chi connectivity index (χ4v) is 3.61. The molecule has 1 unspecified atom stereocenters. The van der Waals surface area contributed by atoms with Crippen LogP contribution in [0.15, 0.2) is 47.3 Å². The van der Waals surface area contributed by atoms with Crippen LogP contribution in [-0.2, 0) is 0 Å². The molecule has 0 bridgehead atoms. The molecule has 1 aliphatic heterocycles. The minimum absolute atomic E-state index is 0.0414. The second-order valence-electron chi connectivity index (χ2n) is 6.84. The second kappa shape index (κ2) is 8.57. The van der Waals surface area contributed by atoms with Crippen molar-refractivity contribution < 1.29 is 14.7 Å². The standard InChI is InChI=1S/C19H18BrN7O3/c20-16-5-1-4-14(22-16)18(28)23-17-7-6-12(9-21-17)15-11-27(25-24-15)13-3-2-8-26(10-13)19(29)30/h1,4-7,9,11,13H,2-3,8,10H2,(H,29,30)(H,21,23,28). The maximum Gasteiger partial charge on any atom is 0.407 e. The van der Waals surface area contributed by atoms with Gasteiger partial charge in [0.2, 0.25) is 0 Å². The molecule has 1 saturated heterocycles. The summed E-state index contributed by atoms with van der Waals surface area (Å²) in [7, 11) is 0. The first-order valence-corrected chi connectivity index (χ1v) is 10.1. The van der Waals surface area contributed by atoms with Crippen molar-refractivity contribution in [1.29, 1.82) is 0 Å². The van der Waals surface area contributed by atoms with E-state index < -0.39 is 6.09 Å². The summed E-state index contributed by atoms with van der Waals surface area (Å²) in [5.74, 6) is 0.0325. The molecular formula is C19H18BrN7O3. The van der Waals surface area contributed by atoms with Gasteiger partial charge in [0.25, 0.3) is 5.91 Å². The Bertz CT molecular complexity index is 1070. The van der Waals surface area contributed by atoms with Crippen LogP contribution in [0.5, 0.6) is 0 Å². The Kier molecular flexibility index (Phi) is 5.70. The fourth-order valence-electron chi connectivity index (χ4n) is 3.27. The normalized spacial score (nSPS) is 16.3. The van der Waals surface area contributed by atoms with Crippen molar-refractivity contribution in [2.45, 2.75) is 18.9 Å². The van der Waals surface area contributed by atoms with Gasteiger partial charge in [0.1, 0.15) is 21.8 Å². The van der Waals surface area contributed by atoms with Crippen molar-refractivity contribution in [2.75, 3.05) is 18.4 Å². The van der Waals surface area contributed by atoms with Gasteiger partial charge in [-0.05, 0) is 53.0 Å². The SMILES string of the molecule is O=C(Nc1ccc(-c2cn(C3CCCN(C(=O)O)C3)nn2)cn1)c1cccc(Br)n1. The molecule has 2 amide bonds. The van der Waals surface area contributed by atoms with E-state index >= 15 is 0 Å². The number of carbonyl (C=O) groups excluding carboxylic acids is 1. The predicted octanol–water partition coefficient (Wildman–Crippen LogP) is 3.06. The van der Waals surface area contributed by atoms with E-state index in [2.05, 4.69) is 41.5 Å². The van der Waals surface area contributed by atoms with E-state index in [0.717, 1.165) is 18.4 Å². The van der Waals surface area contributed by atoms with Gasteiger partial charge in [-0.2, -0.15) is 0 Å². The smallest absolute Gasteiger partial charge is 0.407 e. The number of carboxylic acid groups (broad SMARTS) is 1. The Hall–Kier alpha value is -3.34. The molecule has 4 heterocycles. The number of likely N-dealkylation sites (tertiary alicyclic amines) is 1. The summed E-state index contributed by atoms with van der Waals surface area (Å²) in [4.78, 5) is 33.3. The van der Waals surface area contributed by atoms with Crippen molar-refractivity contribution in [3.63, 3.8) is 0 Å². The van der Waals surface area contributed by atoms with Crippen molar-refractivity contribution in [3.05, 3.63) is 53.0 Å². The molecule has 3 aromatic rings. The highest BCUT2D eigenvalue weighted by Crippen LogP contribution is 2.23. The van der Waals surface area contributed by atoms with E-state index in [1.54, 1.807) is 47.4 Å². The van der Waals surface area contributed by atoms with Gasteiger partial charge in [-0.3, -0.25) is 4.79 Å². The maximum absolute atomic E-state index is 12.3. The summed E-state index contributed by atoms with van der Waals surface area (Å²) in [5.41, 5.74) is 1.65. The zero-order chi connectivity index (χ0) is 21.1. The number of nitrogens with zero attached hydrogens (tertiary/aromatic N) is 6. The van der Waals surface area contributed by atoms with Crippen LogP contribution in [0.2, 0.25) is 0 Å². The number of piperidine rings is 1. The van der Waals surface area contributed by atoms with E-state index in [9.17, 15) is 14.7 Å². The summed E-state index contributed by atoms with van der Waals surface area (Å²) in [5, 5.41) is 20.2. The minimum Gasteiger partial charge on any atom is -0.465 e. The van der Waals surface area contributed by atoms with E-state index in [4.69, 9.17) is 0 Å². The lowest BCUT2D eigenvalue weighted by atomic mass is 10.1. The number of carbonyl (C=O) groups is 2. The van der Waals surface area contributed by atoms with E-state index in [0.29, 0.717) is 29.2 Å². The van der Waals surface area contributed by atoms with Crippen LogP contribution in [0.1, 0.15) is 29.4 Å². The average molecular weight is 472 g/mol. The highest BCUT2D eigenvalue weighted by Gasteiger charge is 2.25. The number of rotatable bonds is 4. The largest absolute Gasteiger partial charge is 0.465 e. The average Bonchev–Trinajstić information content (AvgIpc) is 3.25. The molecule has 30 heavy (non-hydrogen) atoms. The minimum atomic E-state index is -0.917. The molecule has 4 rings (SSSR count). The van der Waals surface area contributed by atoms with Crippen molar-refractivity contribution >= 4 is 33.7 Å². The van der Waals surface area contributed by atoms with Gasteiger partial charge in [-0.1, -0.05) is 11.3 Å². The highest BCUT2D eigenvalue weighted by atomic mass is 79.9. The zero-order valence-electron chi connectivity index (χ0n) is 15.8.